The number of aliphatic hydroxyl groups is 1. The van der Waals surface area contributed by atoms with Crippen molar-refractivity contribution >= 4 is 6.03 Å². The Bertz CT molecular complexity index is 880. The number of carbonyl (C=O) groups is 1. The van der Waals surface area contributed by atoms with Crippen LogP contribution in [0.2, 0.25) is 0 Å². The van der Waals surface area contributed by atoms with Gasteiger partial charge in [-0.3, -0.25) is 0 Å². The maximum Gasteiger partial charge on any atom is 0.318 e. The molecular formula is C25H31N3O3. The molecule has 1 aromatic rings. The Morgan fingerprint density at radius 3 is 2.29 bits per heavy atom. The van der Waals surface area contributed by atoms with E-state index >= 15 is 0 Å². The molecule has 0 radical (unpaired) electrons. The van der Waals surface area contributed by atoms with Crippen molar-refractivity contribution < 1.29 is 14.6 Å². The van der Waals surface area contributed by atoms with Gasteiger partial charge in [-0.15, -0.1) is 0 Å². The van der Waals surface area contributed by atoms with Crippen LogP contribution in [0.1, 0.15) is 63.4 Å². The zero-order valence-corrected chi connectivity index (χ0v) is 17.9. The zero-order chi connectivity index (χ0) is 21.2. The van der Waals surface area contributed by atoms with E-state index in [1.165, 1.54) is 0 Å². The van der Waals surface area contributed by atoms with Crippen LogP contribution in [-0.4, -0.2) is 45.9 Å². The number of amides is 2. The van der Waals surface area contributed by atoms with Crippen LogP contribution in [0.5, 0.6) is 5.75 Å². The van der Waals surface area contributed by atoms with E-state index in [1.54, 1.807) is 12.1 Å². The second kappa shape index (κ2) is 7.13. The summed E-state index contributed by atoms with van der Waals surface area (Å²) in [7, 11) is 0. The highest BCUT2D eigenvalue weighted by molar-refractivity contribution is 5.76. The number of urea groups is 1. The van der Waals surface area contributed by atoms with Crippen molar-refractivity contribution in [1.82, 2.24) is 10.2 Å². The molecule has 6 nitrogen and oxygen atoms in total. The maximum atomic E-state index is 13.3. The number of nitrogens with zero attached hydrogens (tertiary/aromatic N) is 2. The van der Waals surface area contributed by atoms with E-state index in [2.05, 4.69) is 16.3 Å². The summed E-state index contributed by atoms with van der Waals surface area (Å²) in [6, 6.07) is 10.2. The molecule has 2 N–H and O–H groups in total. The van der Waals surface area contributed by atoms with Gasteiger partial charge in [-0.1, -0.05) is 0 Å². The Morgan fingerprint density at radius 1 is 1.06 bits per heavy atom. The van der Waals surface area contributed by atoms with Crippen LogP contribution in [-0.2, 0) is 0 Å². The van der Waals surface area contributed by atoms with E-state index < -0.39 is 5.60 Å². The lowest BCUT2D eigenvalue weighted by atomic mass is 9.52. The van der Waals surface area contributed by atoms with E-state index in [1.807, 2.05) is 12.1 Å². The van der Waals surface area contributed by atoms with E-state index in [4.69, 9.17) is 10.00 Å². The third-order valence-electron chi connectivity index (χ3n) is 8.74. The molecule has 6 fully saturated rings. The van der Waals surface area contributed by atoms with Crippen LogP contribution in [0, 0.1) is 29.1 Å². The maximum absolute atomic E-state index is 13.3. The van der Waals surface area contributed by atoms with Gasteiger partial charge in [0.15, 0.2) is 0 Å². The number of hydrogen-bond donors (Lipinski definition) is 2. The van der Waals surface area contributed by atoms with Crippen LogP contribution < -0.4 is 10.1 Å². The summed E-state index contributed by atoms with van der Waals surface area (Å²) in [6.07, 6.45) is 8.95. The fourth-order valence-electron chi connectivity index (χ4n) is 7.79. The number of ether oxygens (including phenoxy) is 1. The first-order chi connectivity index (χ1) is 15.0. The molecule has 1 aromatic carbocycles. The zero-order valence-electron chi connectivity index (χ0n) is 17.9. The topological polar surface area (TPSA) is 85.6 Å². The standard InChI is InChI=1S/C25H31N3O3/c26-14-15-1-5-21(6-2-15)31-22-9-19-3-4-20(10-22)28(19)24(29)27-23-17-7-16-8-18(23)13-25(30,11-16)12-17/h1-2,5-6,16-20,22-23,30H,3-4,7-13H2,(H,27,29)/t16?,17?,18?,19-,20+,22+,23-,25-. The minimum absolute atomic E-state index is 0.105. The van der Waals surface area contributed by atoms with Crippen LogP contribution >= 0.6 is 0 Å². The van der Waals surface area contributed by atoms with Crippen molar-refractivity contribution in [3.63, 3.8) is 0 Å². The molecular weight excluding hydrogens is 390 g/mol. The number of nitrogens with one attached hydrogen (secondary N) is 1. The molecule has 6 heteroatoms. The quantitative estimate of drug-likeness (QED) is 0.781. The number of hydrogen-bond acceptors (Lipinski definition) is 4. The Hall–Kier alpha value is -2.26. The fourth-order valence-corrected chi connectivity index (χ4v) is 7.79. The van der Waals surface area contributed by atoms with Gasteiger partial charge in [0, 0.05) is 31.0 Å². The number of rotatable bonds is 3. The van der Waals surface area contributed by atoms with Gasteiger partial charge in [0.1, 0.15) is 11.9 Å². The molecule has 2 unspecified atom stereocenters. The van der Waals surface area contributed by atoms with Crippen LogP contribution in [0.4, 0.5) is 4.79 Å². The van der Waals surface area contributed by atoms with Crippen molar-refractivity contribution in [3.05, 3.63) is 29.8 Å². The minimum atomic E-state index is -0.460. The van der Waals surface area contributed by atoms with Gasteiger partial charge in [-0.2, -0.15) is 5.26 Å². The smallest absolute Gasteiger partial charge is 0.318 e. The Balaban J connectivity index is 1.09. The van der Waals surface area contributed by atoms with Crippen molar-refractivity contribution in [2.24, 2.45) is 17.8 Å². The number of benzene rings is 1. The average Bonchev–Trinajstić information content (AvgIpc) is 3.01. The molecule has 2 heterocycles. The van der Waals surface area contributed by atoms with Crippen LogP contribution in [0.3, 0.4) is 0 Å². The van der Waals surface area contributed by atoms with Crippen molar-refractivity contribution in [3.8, 4) is 11.8 Å². The predicted molar refractivity (Wildman–Crippen MR) is 114 cm³/mol. The summed E-state index contributed by atoms with van der Waals surface area (Å²) in [5.74, 6) is 2.33. The lowest BCUT2D eigenvalue weighted by Crippen LogP contribution is -2.64. The average molecular weight is 422 g/mol. The SMILES string of the molecule is N#Cc1ccc(O[C@H]2C[C@H]3CC[C@@H](C2)N3C(=O)N[C@H]2C3CC4CC2C[C@](O)(C4)C3)cc1. The first-order valence-corrected chi connectivity index (χ1v) is 12.0. The molecule has 2 saturated heterocycles. The van der Waals surface area contributed by atoms with Crippen molar-refractivity contribution in [2.75, 3.05) is 0 Å². The summed E-state index contributed by atoms with van der Waals surface area (Å²) in [4.78, 5) is 15.5. The summed E-state index contributed by atoms with van der Waals surface area (Å²) in [6.45, 7) is 0. The van der Waals surface area contributed by atoms with Gasteiger partial charge in [0.05, 0.1) is 17.2 Å². The third kappa shape index (κ3) is 3.38. The Morgan fingerprint density at radius 2 is 1.71 bits per heavy atom. The molecule has 5 atom stereocenters. The Kier molecular flexibility index (Phi) is 4.47. The van der Waals surface area contributed by atoms with Gasteiger partial charge >= 0.3 is 6.03 Å². The van der Waals surface area contributed by atoms with E-state index in [0.717, 1.165) is 63.5 Å². The number of carbonyl (C=O) groups excluding carboxylic acids is 1. The second-order valence-electron chi connectivity index (χ2n) is 10.8. The molecule has 164 valence electrons. The van der Waals surface area contributed by atoms with Gasteiger partial charge in [0.2, 0.25) is 0 Å². The first-order valence-electron chi connectivity index (χ1n) is 12.0. The molecule has 2 aliphatic heterocycles. The first kappa shape index (κ1) is 19.4. The second-order valence-corrected chi connectivity index (χ2v) is 10.8. The van der Waals surface area contributed by atoms with Gasteiger partial charge < -0.3 is 20.1 Å². The molecule has 2 amide bonds. The lowest BCUT2D eigenvalue weighted by molar-refractivity contribution is -0.137. The predicted octanol–water partition coefficient (Wildman–Crippen LogP) is 3.58. The van der Waals surface area contributed by atoms with E-state index in [9.17, 15) is 9.90 Å². The number of piperidine rings is 1. The molecule has 0 spiro atoms. The molecule has 7 rings (SSSR count). The fraction of sp³-hybridized carbons (Fsp3) is 0.680. The van der Waals surface area contributed by atoms with E-state index in [-0.39, 0.29) is 30.3 Å². The largest absolute Gasteiger partial charge is 0.490 e. The monoisotopic (exact) mass is 421 g/mol. The van der Waals surface area contributed by atoms with Gasteiger partial charge in [-0.05, 0) is 87.0 Å². The molecule has 4 saturated carbocycles. The summed E-state index contributed by atoms with van der Waals surface area (Å²) in [5.41, 5.74) is 0.175. The normalized spacial score (nSPS) is 42.3. The van der Waals surface area contributed by atoms with Gasteiger partial charge in [-0.25, -0.2) is 4.79 Å². The highest BCUT2D eigenvalue weighted by Gasteiger charge is 2.55. The Labute approximate surface area is 183 Å². The molecule has 6 aliphatic rings. The van der Waals surface area contributed by atoms with Crippen molar-refractivity contribution in [2.45, 2.75) is 87.6 Å². The third-order valence-corrected chi connectivity index (χ3v) is 8.74. The summed E-state index contributed by atoms with van der Waals surface area (Å²) >= 11 is 0. The summed E-state index contributed by atoms with van der Waals surface area (Å²) in [5, 5.41) is 23.2. The molecule has 0 aromatic heterocycles. The summed E-state index contributed by atoms with van der Waals surface area (Å²) < 4.78 is 6.21. The van der Waals surface area contributed by atoms with Gasteiger partial charge in [0.25, 0.3) is 0 Å². The van der Waals surface area contributed by atoms with E-state index in [0.29, 0.717) is 23.3 Å². The molecule has 4 aliphatic carbocycles. The lowest BCUT2D eigenvalue weighted by Gasteiger charge is -2.58. The number of fused-ring (bicyclic) bond motifs is 2. The number of nitriles is 1. The molecule has 31 heavy (non-hydrogen) atoms. The highest BCUT2D eigenvalue weighted by atomic mass is 16.5. The van der Waals surface area contributed by atoms with Crippen LogP contribution in [0.25, 0.3) is 0 Å². The van der Waals surface area contributed by atoms with Crippen molar-refractivity contribution in [1.29, 1.82) is 5.26 Å². The minimum Gasteiger partial charge on any atom is -0.490 e. The van der Waals surface area contributed by atoms with Crippen LogP contribution in [0.15, 0.2) is 24.3 Å². The molecule has 6 bridgehead atoms. The highest BCUT2D eigenvalue weighted by Crippen LogP contribution is 2.55.